The Bertz CT molecular complexity index is 1310. The first-order chi connectivity index (χ1) is 14.4. The Morgan fingerprint density at radius 3 is 2.70 bits per heavy atom. The predicted octanol–water partition coefficient (Wildman–Crippen LogP) is 3.41. The fourth-order valence-corrected chi connectivity index (χ4v) is 3.30. The largest absolute Gasteiger partial charge is 0.508 e. The molecule has 30 heavy (non-hydrogen) atoms. The molecule has 0 aliphatic heterocycles. The minimum Gasteiger partial charge on any atom is -0.508 e. The van der Waals surface area contributed by atoms with E-state index in [0.717, 1.165) is 11.1 Å². The Hall–Kier alpha value is -4.00. The van der Waals surface area contributed by atoms with E-state index < -0.39 is 11.5 Å². The molecule has 0 spiro atoms. The maximum Gasteiger partial charge on any atom is 0.264 e. The van der Waals surface area contributed by atoms with E-state index in [0.29, 0.717) is 22.3 Å². The van der Waals surface area contributed by atoms with E-state index in [4.69, 9.17) is 0 Å². The quantitative estimate of drug-likeness (QED) is 0.547. The van der Waals surface area contributed by atoms with Crippen LogP contribution in [0.4, 0.5) is 5.69 Å². The number of hydrogen-bond acceptors (Lipinski definition) is 5. The summed E-state index contributed by atoms with van der Waals surface area (Å²) < 4.78 is 1.44. The van der Waals surface area contributed by atoms with Gasteiger partial charge in [-0.1, -0.05) is 18.2 Å². The van der Waals surface area contributed by atoms with E-state index in [1.165, 1.54) is 4.57 Å². The molecule has 0 atom stereocenters. The average Bonchev–Trinajstić information content (AvgIpc) is 2.72. The summed E-state index contributed by atoms with van der Waals surface area (Å²) in [4.78, 5) is 34.5. The van der Waals surface area contributed by atoms with Crippen molar-refractivity contribution in [1.29, 1.82) is 0 Å². The van der Waals surface area contributed by atoms with Crippen LogP contribution in [0.1, 0.15) is 27.3 Å². The van der Waals surface area contributed by atoms with Crippen molar-refractivity contribution in [3.05, 3.63) is 93.9 Å². The molecule has 0 radical (unpaired) electrons. The molecule has 0 saturated heterocycles. The number of aromatic nitrogens is 3. The number of fused-ring (bicyclic) bond motifs is 1. The molecule has 4 aromatic rings. The lowest BCUT2D eigenvalue weighted by atomic mass is 10.1. The second-order valence-electron chi connectivity index (χ2n) is 7.12. The van der Waals surface area contributed by atoms with Crippen LogP contribution in [0.25, 0.3) is 10.8 Å². The van der Waals surface area contributed by atoms with E-state index in [1.54, 1.807) is 61.9 Å². The van der Waals surface area contributed by atoms with Crippen LogP contribution in [0.2, 0.25) is 0 Å². The van der Waals surface area contributed by atoms with Crippen LogP contribution in [-0.4, -0.2) is 25.5 Å². The summed E-state index contributed by atoms with van der Waals surface area (Å²) in [5.74, 6) is -0.403. The highest BCUT2D eigenvalue weighted by Crippen LogP contribution is 2.27. The Morgan fingerprint density at radius 1 is 1.10 bits per heavy atom. The summed E-state index contributed by atoms with van der Waals surface area (Å²) in [5.41, 5.74) is 2.17. The summed E-state index contributed by atoms with van der Waals surface area (Å²) in [7, 11) is 0. The first kappa shape index (κ1) is 19.3. The zero-order valence-corrected chi connectivity index (χ0v) is 16.6. The lowest BCUT2D eigenvalue weighted by molar-refractivity contribution is 0.102. The van der Waals surface area contributed by atoms with Crippen LogP contribution >= 0.6 is 0 Å². The van der Waals surface area contributed by atoms with Gasteiger partial charge < -0.3 is 15.0 Å². The van der Waals surface area contributed by atoms with Gasteiger partial charge in [-0.05, 0) is 49.1 Å². The van der Waals surface area contributed by atoms with Gasteiger partial charge in [-0.3, -0.25) is 19.6 Å². The summed E-state index contributed by atoms with van der Waals surface area (Å²) in [5, 5.41) is 14.2. The molecule has 2 N–H and O–H groups in total. The van der Waals surface area contributed by atoms with Crippen molar-refractivity contribution in [2.45, 2.75) is 20.4 Å². The van der Waals surface area contributed by atoms with Crippen molar-refractivity contribution in [1.82, 2.24) is 14.5 Å². The van der Waals surface area contributed by atoms with Crippen molar-refractivity contribution in [2.24, 2.45) is 0 Å². The molecule has 7 heteroatoms. The van der Waals surface area contributed by atoms with Crippen molar-refractivity contribution in [3.8, 4) is 5.75 Å². The molecule has 0 unspecified atom stereocenters. The molecule has 2 heterocycles. The zero-order valence-electron chi connectivity index (χ0n) is 16.6. The number of pyridine rings is 1. The predicted molar refractivity (Wildman–Crippen MR) is 115 cm³/mol. The van der Waals surface area contributed by atoms with Gasteiger partial charge in [0.2, 0.25) is 0 Å². The van der Waals surface area contributed by atoms with Crippen LogP contribution in [0.3, 0.4) is 0 Å². The average molecular weight is 400 g/mol. The van der Waals surface area contributed by atoms with Gasteiger partial charge >= 0.3 is 0 Å². The molecule has 7 nitrogen and oxygen atoms in total. The third-order valence-corrected chi connectivity index (χ3v) is 4.88. The molecule has 150 valence electrons. The van der Waals surface area contributed by atoms with E-state index in [2.05, 4.69) is 15.3 Å². The summed E-state index contributed by atoms with van der Waals surface area (Å²) in [6, 6.07) is 12.1. The van der Waals surface area contributed by atoms with Gasteiger partial charge in [0, 0.05) is 23.5 Å². The molecule has 2 aromatic heterocycles. The van der Waals surface area contributed by atoms with Gasteiger partial charge in [-0.15, -0.1) is 0 Å². The molecule has 0 fully saturated rings. The third-order valence-electron chi connectivity index (χ3n) is 4.88. The number of hydrogen-bond donors (Lipinski definition) is 2. The highest BCUT2D eigenvalue weighted by molar-refractivity contribution is 6.09. The lowest BCUT2D eigenvalue weighted by Crippen LogP contribution is -2.30. The Labute approximate surface area is 172 Å². The summed E-state index contributed by atoms with van der Waals surface area (Å²) in [6.45, 7) is 3.78. The molecule has 0 aliphatic rings. The maximum atomic E-state index is 13.0. The molecule has 0 bridgehead atoms. The first-order valence-electron chi connectivity index (χ1n) is 9.43. The van der Waals surface area contributed by atoms with Crippen molar-refractivity contribution < 1.29 is 9.90 Å². The number of phenols is 1. The van der Waals surface area contributed by atoms with E-state index in [-0.39, 0.29) is 17.9 Å². The number of aryl methyl sites for hydroxylation is 2. The Morgan fingerprint density at radius 2 is 1.93 bits per heavy atom. The first-order valence-corrected chi connectivity index (χ1v) is 9.43. The molecule has 2 aromatic carbocycles. The lowest BCUT2D eigenvalue weighted by Gasteiger charge is -2.12. The van der Waals surface area contributed by atoms with Gasteiger partial charge in [0.1, 0.15) is 11.3 Å². The Kier molecular flexibility index (Phi) is 5.02. The monoisotopic (exact) mass is 400 g/mol. The number of nitrogens with zero attached hydrogens (tertiary/aromatic N) is 3. The van der Waals surface area contributed by atoms with Crippen LogP contribution in [0, 0.1) is 13.8 Å². The molecular weight excluding hydrogens is 380 g/mol. The Balaban J connectivity index is 1.68. The van der Waals surface area contributed by atoms with E-state index >= 15 is 0 Å². The number of phenolic OH excluding ortho intramolecular Hbond substituents is 1. The molecule has 4 rings (SSSR count). The van der Waals surface area contributed by atoms with Crippen LogP contribution in [0.5, 0.6) is 5.75 Å². The molecular formula is C23H20N4O3. The number of nitrogens with one attached hydrogen (secondary N) is 1. The van der Waals surface area contributed by atoms with Gasteiger partial charge in [-0.2, -0.15) is 0 Å². The number of carbonyl (C=O) groups is 1. The normalized spacial score (nSPS) is 10.9. The van der Waals surface area contributed by atoms with Gasteiger partial charge in [-0.25, -0.2) is 0 Å². The molecule has 1 amide bonds. The van der Waals surface area contributed by atoms with E-state index in [9.17, 15) is 14.7 Å². The maximum absolute atomic E-state index is 13.0. The number of aromatic hydroxyl groups is 1. The zero-order chi connectivity index (χ0) is 21.3. The van der Waals surface area contributed by atoms with Crippen molar-refractivity contribution in [2.75, 3.05) is 5.32 Å². The van der Waals surface area contributed by atoms with Gasteiger partial charge in [0.05, 0.1) is 24.1 Å². The molecule has 0 saturated carbocycles. The van der Waals surface area contributed by atoms with E-state index in [1.807, 2.05) is 13.0 Å². The van der Waals surface area contributed by atoms with Crippen LogP contribution in [0.15, 0.2) is 65.8 Å². The van der Waals surface area contributed by atoms with Gasteiger partial charge in [0.15, 0.2) is 0 Å². The third kappa shape index (κ3) is 3.77. The van der Waals surface area contributed by atoms with Crippen LogP contribution in [-0.2, 0) is 6.54 Å². The SMILES string of the molecule is Cc1cnc(Cn2ccc(C)c(C(=O)Nc3cccc4ccc(O)cc34)c2=O)cn1. The second-order valence-corrected chi connectivity index (χ2v) is 7.12. The standard InChI is InChI=1S/C23H20N4O3/c1-14-8-9-27(13-17-12-24-15(2)11-25-17)23(30)21(14)22(29)26-20-5-3-4-16-6-7-18(28)10-19(16)20/h3-12,28H,13H2,1-2H3,(H,26,29). The topological polar surface area (TPSA) is 97.1 Å². The second kappa shape index (κ2) is 7.79. The number of anilines is 1. The number of rotatable bonds is 4. The highest BCUT2D eigenvalue weighted by atomic mass is 16.3. The number of carbonyl (C=O) groups excluding carboxylic acids is 1. The fraction of sp³-hybridized carbons (Fsp3) is 0.130. The van der Waals surface area contributed by atoms with Crippen molar-refractivity contribution in [3.63, 3.8) is 0 Å². The smallest absolute Gasteiger partial charge is 0.264 e. The van der Waals surface area contributed by atoms with Crippen LogP contribution < -0.4 is 10.9 Å². The highest BCUT2D eigenvalue weighted by Gasteiger charge is 2.17. The minimum atomic E-state index is -0.502. The number of benzene rings is 2. The number of amides is 1. The molecule has 0 aliphatic carbocycles. The summed E-state index contributed by atoms with van der Waals surface area (Å²) in [6.07, 6.45) is 4.90. The van der Waals surface area contributed by atoms with Gasteiger partial charge in [0.25, 0.3) is 11.5 Å². The minimum absolute atomic E-state index is 0.0646. The fourth-order valence-electron chi connectivity index (χ4n) is 3.30. The van der Waals surface area contributed by atoms with Crippen molar-refractivity contribution >= 4 is 22.4 Å². The summed E-state index contributed by atoms with van der Waals surface area (Å²) >= 11 is 0.